The lowest BCUT2D eigenvalue weighted by Gasteiger charge is -2.05. The lowest BCUT2D eigenvalue weighted by Crippen LogP contribution is -1.84. The fraction of sp³-hybridized carbons (Fsp3) is 0. The first kappa shape index (κ1) is 9.03. The first-order valence-corrected chi connectivity index (χ1v) is 4.47. The Morgan fingerprint density at radius 3 is 3.00 bits per heavy atom. The molecule has 0 N–H and O–H groups in total. The van der Waals surface area contributed by atoms with E-state index in [0.717, 1.165) is 0 Å². The summed E-state index contributed by atoms with van der Waals surface area (Å²) in [4.78, 5) is 3.93. The standard InChI is InChI=1S/C11H7ClNO/c12-10-5-1-2-6-11(10)14-9-4-3-7-13-8-9/h2-8H. The normalized spacial score (nSPS) is 9.79. The molecule has 1 aromatic heterocycles. The lowest BCUT2D eigenvalue weighted by molar-refractivity contribution is 0.480. The van der Waals surface area contributed by atoms with Gasteiger partial charge in [0.15, 0.2) is 0 Å². The molecule has 2 aromatic rings. The Kier molecular flexibility index (Phi) is 2.65. The van der Waals surface area contributed by atoms with Gasteiger partial charge in [-0.15, -0.1) is 0 Å². The number of ether oxygens (including phenoxy) is 1. The molecule has 2 rings (SSSR count). The first-order valence-electron chi connectivity index (χ1n) is 4.10. The fourth-order valence-electron chi connectivity index (χ4n) is 1.01. The van der Waals surface area contributed by atoms with Gasteiger partial charge in [0.05, 0.1) is 11.2 Å². The Bertz CT molecular complexity index is 417. The molecule has 1 radical (unpaired) electrons. The number of nitrogens with zero attached hydrogens (tertiary/aromatic N) is 1. The van der Waals surface area contributed by atoms with Gasteiger partial charge in [-0.05, 0) is 30.3 Å². The summed E-state index contributed by atoms with van der Waals surface area (Å²) in [5.74, 6) is 1.28. The van der Waals surface area contributed by atoms with Crippen molar-refractivity contribution in [1.82, 2.24) is 4.98 Å². The van der Waals surface area contributed by atoms with E-state index in [1.54, 1.807) is 36.7 Å². The van der Waals surface area contributed by atoms with Crippen molar-refractivity contribution in [1.29, 1.82) is 0 Å². The van der Waals surface area contributed by atoms with Crippen LogP contribution in [0.2, 0.25) is 5.02 Å². The molecule has 0 bridgehead atoms. The molecule has 3 heteroatoms. The Balaban J connectivity index is 2.24. The van der Waals surface area contributed by atoms with Crippen LogP contribution in [0.25, 0.3) is 0 Å². The molecule has 0 spiro atoms. The third-order valence-corrected chi connectivity index (χ3v) is 1.93. The zero-order chi connectivity index (χ0) is 9.80. The van der Waals surface area contributed by atoms with Crippen molar-refractivity contribution in [3.63, 3.8) is 0 Å². The predicted octanol–water partition coefficient (Wildman–Crippen LogP) is 3.33. The second kappa shape index (κ2) is 4.11. The monoisotopic (exact) mass is 204 g/mol. The van der Waals surface area contributed by atoms with Crippen LogP contribution in [0, 0.1) is 6.07 Å². The molecule has 0 saturated carbocycles. The number of pyridine rings is 1. The predicted molar refractivity (Wildman–Crippen MR) is 54.6 cm³/mol. The van der Waals surface area contributed by atoms with Crippen molar-refractivity contribution in [2.45, 2.75) is 0 Å². The third kappa shape index (κ3) is 2.03. The van der Waals surface area contributed by atoms with Crippen molar-refractivity contribution in [3.8, 4) is 11.5 Å². The number of aromatic nitrogens is 1. The highest BCUT2D eigenvalue weighted by Crippen LogP contribution is 2.27. The van der Waals surface area contributed by atoms with Gasteiger partial charge >= 0.3 is 0 Å². The van der Waals surface area contributed by atoms with Gasteiger partial charge in [-0.2, -0.15) is 0 Å². The first-order chi connectivity index (χ1) is 6.86. The van der Waals surface area contributed by atoms with E-state index < -0.39 is 0 Å². The molecular weight excluding hydrogens is 198 g/mol. The van der Waals surface area contributed by atoms with E-state index in [0.29, 0.717) is 16.5 Å². The summed E-state index contributed by atoms with van der Waals surface area (Å²) >= 11 is 5.90. The Labute approximate surface area is 87.1 Å². The fourth-order valence-corrected chi connectivity index (χ4v) is 1.18. The largest absolute Gasteiger partial charge is 0.454 e. The lowest BCUT2D eigenvalue weighted by atomic mass is 10.3. The minimum atomic E-state index is 0.538. The van der Waals surface area contributed by atoms with Gasteiger partial charge in [0, 0.05) is 6.20 Å². The molecule has 0 amide bonds. The molecule has 14 heavy (non-hydrogen) atoms. The van der Waals surface area contributed by atoms with Gasteiger partial charge in [-0.3, -0.25) is 4.98 Å². The summed E-state index contributed by atoms with van der Waals surface area (Å²) in [7, 11) is 0. The van der Waals surface area contributed by atoms with E-state index in [4.69, 9.17) is 16.3 Å². The summed E-state index contributed by atoms with van der Waals surface area (Å²) in [6.45, 7) is 0. The Hall–Kier alpha value is -1.54. The van der Waals surface area contributed by atoms with Gasteiger partial charge < -0.3 is 4.74 Å². The van der Waals surface area contributed by atoms with Crippen molar-refractivity contribution in [3.05, 3.63) is 53.8 Å². The van der Waals surface area contributed by atoms with Crippen LogP contribution >= 0.6 is 11.6 Å². The van der Waals surface area contributed by atoms with Gasteiger partial charge in [-0.25, -0.2) is 0 Å². The van der Waals surface area contributed by atoms with Gasteiger partial charge in [0.1, 0.15) is 11.5 Å². The second-order valence-electron chi connectivity index (χ2n) is 2.65. The molecule has 0 atom stereocenters. The van der Waals surface area contributed by atoms with Crippen LogP contribution in [-0.2, 0) is 0 Å². The molecule has 2 nitrogen and oxygen atoms in total. The van der Waals surface area contributed by atoms with Gasteiger partial charge in [0.2, 0.25) is 0 Å². The minimum absolute atomic E-state index is 0.538. The molecule has 0 saturated heterocycles. The van der Waals surface area contributed by atoms with E-state index in [2.05, 4.69) is 11.1 Å². The smallest absolute Gasteiger partial charge is 0.146 e. The minimum Gasteiger partial charge on any atom is -0.454 e. The maximum Gasteiger partial charge on any atom is 0.146 e. The van der Waals surface area contributed by atoms with Crippen LogP contribution in [-0.4, -0.2) is 4.98 Å². The summed E-state index contributed by atoms with van der Waals surface area (Å²) in [5, 5.41) is 0.538. The molecule has 0 aliphatic rings. The molecule has 0 fully saturated rings. The highest BCUT2D eigenvalue weighted by Gasteiger charge is 2.00. The van der Waals surface area contributed by atoms with Gasteiger partial charge in [0.25, 0.3) is 0 Å². The molecule has 0 aliphatic carbocycles. The highest BCUT2D eigenvalue weighted by atomic mass is 35.5. The molecule has 0 aliphatic heterocycles. The van der Waals surface area contributed by atoms with Crippen molar-refractivity contribution in [2.75, 3.05) is 0 Å². The molecule has 1 aromatic carbocycles. The van der Waals surface area contributed by atoms with Crippen LogP contribution in [0.15, 0.2) is 42.7 Å². The number of rotatable bonds is 2. The summed E-state index contributed by atoms with van der Waals surface area (Å²) < 4.78 is 5.49. The number of halogens is 1. The van der Waals surface area contributed by atoms with Crippen LogP contribution in [0.1, 0.15) is 0 Å². The summed E-state index contributed by atoms with van der Waals surface area (Å²) in [6, 6.07) is 11.6. The van der Waals surface area contributed by atoms with Crippen molar-refractivity contribution >= 4 is 11.6 Å². The quantitative estimate of drug-likeness (QED) is 0.749. The topological polar surface area (TPSA) is 22.1 Å². The Morgan fingerprint density at radius 1 is 1.36 bits per heavy atom. The van der Waals surface area contributed by atoms with E-state index in [9.17, 15) is 0 Å². The summed E-state index contributed by atoms with van der Waals surface area (Å²) in [6.07, 6.45) is 3.32. The molecule has 69 valence electrons. The van der Waals surface area contributed by atoms with E-state index >= 15 is 0 Å². The van der Waals surface area contributed by atoms with Crippen LogP contribution in [0.4, 0.5) is 0 Å². The average Bonchev–Trinajstić information content (AvgIpc) is 2.23. The zero-order valence-electron chi connectivity index (χ0n) is 7.27. The maximum atomic E-state index is 5.90. The van der Waals surface area contributed by atoms with Crippen molar-refractivity contribution < 1.29 is 4.74 Å². The average molecular weight is 205 g/mol. The van der Waals surface area contributed by atoms with E-state index in [-0.39, 0.29) is 0 Å². The second-order valence-corrected chi connectivity index (χ2v) is 3.05. The number of hydrogen-bond donors (Lipinski definition) is 0. The molecule has 1 heterocycles. The Morgan fingerprint density at radius 2 is 2.29 bits per heavy atom. The maximum absolute atomic E-state index is 5.90. The third-order valence-electron chi connectivity index (χ3n) is 1.64. The van der Waals surface area contributed by atoms with Crippen LogP contribution < -0.4 is 4.74 Å². The SMILES string of the molecule is Clc1c[c]ccc1Oc1cccnc1. The number of benzene rings is 1. The van der Waals surface area contributed by atoms with Crippen molar-refractivity contribution in [2.24, 2.45) is 0 Å². The molecule has 0 unspecified atom stereocenters. The zero-order valence-corrected chi connectivity index (χ0v) is 8.03. The highest BCUT2D eigenvalue weighted by molar-refractivity contribution is 6.32. The number of hydrogen-bond acceptors (Lipinski definition) is 2. The summed E-state index contributed by atoms with van der Waals surface area (Å²) in [5.41, 5.74) is 0. The van der Waals surface area contributed by atoms with Gasteiger partial charge in [-0.1, -0.05) is 17.7 Å². The van der Waals surface area contributed by atoms with Crippen LogP contribution in [0.3, 0.4) is 0 Å². The molecular formula is C11H7ClNO. The van der Waals surface area contributed by atoms with Crippen LogP contribution in [0.5, 0.6) is 11.5 Å². The van der Waals surface area contributed by atoms with E-state index in [1.165, 1.54) is 0 Å². The van der Waals surface area contributed by atoms with E-state index in [1.807, 2.05) is 6.07 Å².